The fourth-order valence-electron chi connectivity index (χ4n) is 4.62. The number of benzene rings is 2. The van der Waals surface area contributed by atoms with E-state index in [4.69, 9.17) is 18.6 Å². The van der Waals surface area contributed by atoms with Gasteiger partial charge in [-0.25, -0.2) is 0 Å². The predicted molar refractivity (Wildman–Crippen MR) is 103 cm³/mol. The van der Waals surface area contributed by atoms with E-state index in [1.54, 1.807) is 7.11 Å². The van der Waals surface area contributed by atoms with Gasteiger partial charge in [-0.15, -0.1) is 0 Å². The molecule has 0 unspecified atom stereocenters. The monoisotopic (exact) mass is 365 g/mol. The lowest BCUT2D eigenvalue weighted by atomic mass is 9.75. The molecule has 1 aromatic heterocycles. The van der Waals surface area contributed by atoms with Gasteiger partial charge >= 0.3 is 0 Å². The van der Waals surface area contributed by atoms with Gasteiger partial charge < -0.3 is 23.9 Å². The van der Waals surface area contributed by atoms with Gasteiger partial charge in [0.1, 0.15) is 5.76 Å². The molecule has 27 heavy (non-hydrogen) atoms. The van der Waals surface area contributed by atoms with Crippen LogP contribution in [0.4, 0.5) is 0 Å². The number of hydrogen-bond acceptors (Lipinski definition) is 5. The number of aryl methyl sites for hydroxylation is 2. The van der Waals surface area contributed by atoms with Crippen molar-refractivity contribution in [3.63, 3.8) is 0 Å². The van der Waals surface area contributed by atoms with Crippen molar-refractivity contribution in [3.8, 4) is 17.2 Å². The number of rotatable bonds is 3. The lowest BCUT2D eigenvalue weighted by Gasteiger charge is -2.34. The minimum atomic E-state index is 0.204. The molecule has 2 aromatic carbocycles. The zero-order valence-electron chi connectivity index (χ0n) is 15.8. The van der Waals surface area contributed by atoms with Gasteiger partial charge in [0.2, 0.25) is 6.79 Å². The van der Waals surface area contributed by atoms with E-state index in [2.05, 4.69) is 29.6 Å². The molecule has 3 aromatic rings. The van der Waals surface area contributed by atoms with Crippen LogP contribution < -0.4 is 19.5 Å². The van der Waals surface area contributed by atoms with Crippen LogP contribution in [-0.2, 0) is 6.42 Å². The van der Waals surface area contributed by atoms with Crippen molar-refractivity contribution in [1.29, 1.82) is 0 Å². The molecule has 5 heteroatoms. The zero-order valence-corrected chi connectivity index (χ0v) is 15.8. The molecule has 2 aliphatic rings. The second-order valence-electron chi connectivity index (χ2n) is 7.27. The normalized spacial score (nSPS) is 20.7. The first-order chi connectivity index (χ1) is 13.2. The standard InChI is InChI=1S/C22H23NO4/c1-12-8-17-14(6-7-18(24-3)22(17)27-12)15-5-4-13-9-19-20(26-11-25-19)10-16(13)21(15)23-2/h6-10,15,21,23H,4-5,11H2,1-3H3/t15-,21+/m1/s1. The van der Waals surface area contributed by atoms with Crippen LogP contribution in [0.25, 0.3) is 11.0 Å². The molecular formula is C22H23NO4. The summed E-state index contributed by atoms with van der Waals surface area (Å²) in [5, 5.41) is 4.68. The molecule has 1 aliphatic heterocycles. The third kappa shape index (κ3) is 2.49. The maximum Gasteiger partial charge on any atom is 0.231 e. The van der Waals surface area contributed by atoms with Gasteiger partial charge in [-0.1, -0.05) is 6.07 Å². The Morgan fingerprint density at radius 1 is 1.07 bits per heavy atom. The second-order valence-corrected chi connectivity index (χ2v) is 7.27. The van der Waals surface area contributed by atoms with E-state index >= 15 is 0 Å². The predicted octanol–water partition coefficient (Wildman–Crippen LogP) is 4.47. The summed E-state index contributed by atoms with van der Waals surface area (Å²) < 4.78 is 22.6. The van der Waals surface area contributed by atoms with Crippen LogP contribution in [0.2, 0.25) is 0 Å². The Kier molecular flexibility index (Phi) is 3.79. The van der Waals surface area contributed by atoms with Crippen LogP contribution in [0, 0.1) is 6.92 Å². The third-order valence-corrected chi connectivity index (χ3v) is 5.83. The van der Waals surface area contributed by atoms with Gasteiger partial charge in [0.25, 0.3) is 0 Å². The van der Waals surface area contributed by atoms with E-state index in [9.17, 15) is 0 Å². The molecule has 0 amide bonds. The van der Waals surface area contributed by atoms with Crippen LogP contribution >= 0.6 is 0 Å². The Bertz CT molecular complexity index is 1020. The summed E-state index contributed by atoms with van der Waals surface area (Å²) in [5.74, 6) is 3.72. The Hall–Kier alpha value is -2.66. The first-order valence-corrected chi connectivity index (χ1v) is 9.36. The average Bonchev–Trinajstić information content (AvgIpc) is 3.29. The average molecular weight is 365 g/mol. The van der Waals surface area contributed by atoms with Crippen LogP contribution in [-0.4, -0.2) is 21.0 Å². The van der Waals surface area contributed by atoms with Crippen molar-refractivity contribution < 1.29 is 18.6 Å². The molecular weight excluding hydrogens is 342 g/mol. The molecule has 0 radical (unpaired) electrons. The van der Waals surface area contributed by atoms with Gasteiger partial charge in [-0.05, 0) is 67.8 Å². The van der Waals surface area contributed by atoms with Crippen LogP contribution in [0.5, 0.6) is 17.2 Å². The Morgan fingerprint density at radius 3 is 2.67 bits per heavy atom. The summed E-state index contributed by atoms with van der Waals surface area (Å²) in [6.07, 6.45) is 2.07. The van der Waals surface area contributed by atoms with Crippen LogP contribution in [0.15, 0.2) is 34.7 Å². The highest BCUT2D eigenvalue weighted by Gasteiger charge is 2.33. The van der Waals surface area contributed by atoms with E-state index in [0.29, 0.717) is 12.7 Å². The van der Waals surface area contributed by atoms with E-state index < -0.39 is 0 Å². The van der Waals surface area contributed by atoms with Crippen molar-refractivity contribution in [1.82, 2.24) is 5.32 Å². The smallest absolute Gasteiger partial charge is 0.231 e. The molecule has 2 atom stereocenters. The molecule has 0 fully saturated rings. The molecule has 0 saturated heterocycles. The van der Waals surface area contributed by atoms with Crippen molar-refractivity contribution in [2.45, 2.75) is 31.7 Å². The molecule has 2 heterocycles. The molecule has 140 valence electrons. The van der Waals surface area contributed by atoms with Crippen LogP contribution in [0.3, 0.4) is 0 Å². The van der Waals surface area contributed by atoms with E-state index in [1.807, 2.05) is 20.0 Å². The highest BCUT2D eigenvalue weighted by Crippen LogP contribution is 2.47. The fourth-order valence-corrected chi connectivity index (χ4v) is 4.62. The number of fused-ring (bicyclic) bond motifs is 3. The van der Waals surface area contributed by atoms with Crippen molar-refractivity contribution in [3.05, 3.63) is 52.8 Å². The van der Waals surface area contributed by atoms with Crippen LogP contribution in [0.1, 0.15) is 40.8 Å². The van der Waals surface area contributed by atoms with Crippen molar-refractivity contribution in [2.75, 3.05) is 21.0 Å². The molecule has 1 N–H and O–H groups in total. The van der Waals surface area contributed by atoms with Gasteiger partial charge in [0, 0.05) is 17.3 Å². The summed E-state index contributed by atoms with van der Waals surface area (Å²) in [6.45, 7) is 2.29. The van der Waals surface area contributed by atoms with Gasteiger partial charge in [0.05, 0.1) is 7.11 Å². The number of likely N-dealkylation sites (N-methyl/N-ethyl adjacent to an activating group) is 1. The van der Waals surface area contributed by atoms with Crippen molar-refractivity contribution in [2.24, 2.45) is 0 Å². The summed E-state index contributed by atoms with van der Waals surface area (Å²) in [6, 6.07) is 10.8. The molecule has 0 saturated carbocycles. The quantitative estimate of drug-likeness (QED) is 0.742. The maximum absolute atomic E-state index is 5.94. The molecule has 5 nitrogen and oxygen atoms in total. The topological polar surface area (TPSA) is 52.9 Å². The van der Waals surface area contributed by atoms with E-state index in [0.717, 1.165) is 46.8 Å². The first kappa shape index (κ1) is 16.5. The van der Waals surface area contributed by atoms with Gasteiger partial charge in [-0.3, -0.25) is 0 Å². The lowest BCUT2D eigenvalue weighted by molar-refractivity contribution is 0.174. The number of methoxy groups -OCH3 is 1. The number of furan rings is 1. The Balaban J connectivity index is 1.63. The van der Waals surface area contributed by atoms with E-state index in [1.165, 1.54) is 16.7 Å². The second kappa shape index (κ2) is 6.20. The summed E-state index contributed by atoms with van der Waals surface area (Å²) in [5.41, 5.74) is 4.76. The molecule has 1 aliphatic carbocycles. The summed E-state index contributed by atoms with van der Waals surface area (Å²) >= 11 is 0. The lowest BCUT2D eigenvalue weighted by Crippen LogP contribution is -2.29. The highest BCUT2D eigenvalue weighted by atomic mass is 16.7. The molecule has 5 rings (SSSR count). The largest absolute Gasteiger partial charge is 0.493 e. The van der Waals surface area contributed by atoms with E-state index in [-0.39, 0.29) is 6.04 Å². The Morgan fingerprint density at radius 2 is 1.89 bits per heavy atom. The summed E-state index contributed by atoms with van der Waals surface area (Å²) in [7, 11) is 3.71. The highest BCUT2D eigenvalue weighted by molar-refractivity contribution is 5.87. The SMILES string of the molecule is CN[C@@H]1c2cc3c(cc2CC[C@@H]1c1ccc(OC)c2oc(C)cc12)OCO3. The fraction of sp³-hybridized carbons (Fsp3) is 0.364. The Labute approximate surface area is 158 Å². The minimum Gasteiger partial charge on any atom is -0.493 e. The number of hydrogen-bond donors (Lipinski definition) is 1. The molecule has 0 bridgehead atoms. The first-order valence-electron chi connectivity index (χ1n) is 9.36. The maximum atomic E-state index is 5.94. The van der Waals surface area contributed by atoms with Gasteiger partial charge in [-0.2, -0.15) is 0 Å². The number of nitrogens with one attached hydrogen (secondary N) is 1. The number of ether oxygens (including phenoxy) is 3. The molecule has 0 spiro atoms. The van der Waals surface area contributed by atoms with Crippen molar-refractivity contribution >= 4 is 11.0 Å². The minimum absolute atomic E-state index is 0.204. The zero-order chi connectivity index (χ0) is 18.5. The summed E-state index contributed by atoms with van der Waals surface area (Å²) in [4.78, 5) is 0. The van der Waals surface area contributed by atoms with Gasteiger partial charge in [0.15, 0.2) is 22.8 Å². The third-order valence-electron chi connectivity index (χ3n) is 5.83.